The predicted molar refractivity (Wildman–Crippen MR) is 99.9 cm³/mol. The van der Waals surface area contributed by atoms with Gasteiger partial charge in [0.2, 0.25) is 0 Å². The number of halogens is 3. The Hall–Kier alpha value is -1.84. The van der Waals surface area contributed by atoms with Crippen molar-refractivity contribution in [1.82, 2.24) is 0 Å². The van der Waals surface area contributed by atoms with Gasteiger partial charge in [0, 0.05) is 41.7 Å². The van der Waals surface area contributed by atoms with Crippen molar-refractivity contribution in [2.24, 2.45) is 0 Å². The Morgan fingerprint density at radius 2 is 1.75 bits per heavy atom. The Bertz CT molecular complexity index is 712. The number of hydrogen-bond donors (Lipinski definition) is 0. The van der Waals surface area contributed by atoms with Crippen LogP contribution >= 0.6 is 23.2 Å². The van der Waals surface area contributed by atoms with E-state index in [0.717, 1.165) is 5.69 Å². The monoisotopic (exact) mass is 365 g/mol. The van der Waals surface area contributed by atoms with Crippen molar-refractivity contribution in [2.45, 2.75) is 0 Å². The number of anilines is 1. The van der Waals surface area contributed by atoms with Gasteiger partial charge in [0.1, 0.15) is 5.82 Å². The summed E-state index contributed by atoms with van der Waals surface area (Å²) in [5, 5.41) is 0. The van der Waals surface area contributed by atoms with Gasteiger partial charge in [-0.3, -0.25) is 4.79 Å². The molecule has 0 aromatic heterocycles. The lowest BCUT2D eigenvalue weighted by Crippen LogP contribution is -2.27. The van der Waals surface area contributed by atoms with Gasteiger partial charge in [-0.2, -0.15) is 0 Å². The van der Waals surface area contributed by atoms with Crippen LogP contribution < -0.4 is 4.90 Å². The number of carbonyl (C=O) groups excluding carboxylic acids is 1. The van der Waals surface area contributed by atoms with Crippen LogP contribution in [0.1, 0.15) is 15.9 Å². The average molecular weight is 366 g/mol. The molecule has 0 bridgehead atoms. The number of ketones is 1. The summed E-state index contributed by atoms with van der Waals surface area (Å²) in [5.41, 5.74) is 1.81. The van der Waals surface area contributed by atoms with Crippen LogP contribution in [-0.2, 0) is 0 Å². The molecule has 0 aliphatic heterocycles. The minimum absolute atomic E-state index is 0.184. The lowest BCUT2D eigenvalue weighted by Gasteiger charge is -2.23. The van der Waals surface area contributed by atoms with Gasteiger partial charge in [-0.05, 0) is 30.4 Å². The number of carbonyl (C=O) groups is 1. The molecule has 0 fully saturated rings. The molecule has 0 aliphatic rings. The fraction of sp³-hybridized carbons (Fsp3) is 0.211. The summed E-state index contributed by atoms with van der Waals surface area (Å²) < 4.78 is 13.6. The maximum atomic E-state index is 13.6. The third kappa shape index (κ3) is 5.08. The van der Waals surface area contributed by atoms with Crippen LogP contribution in [0.4, 0.5) is 10.1 Å². The highest BCUT2D eigenvalue weighted by Gasteiger charge is 2.09. The number of allylic oxidation sites excluding steroid dienone is 1. The van der Waals surface area contributed by atoms with Crippen molar-refractivity contribution in [3.63, 3.8) is 0 Å². The van der Waals surface area contributed by atoms with Crippen LogP contribution in [0.2, 0.25) is 0 Å². The molecular weight excluding hydrogens is 348 g/mol. The van der Waals surface area contributed by atoms with Crippen LogP contribution in [0.5, 0.6) is 0 Å². The van der Waals surface area contributed by atoms with Gasteiger partial charge in [-0.1, -0.05) is 30.3 Å². The van der Waals surface area contributed by atoms with Crippen LogP contribution in [0, 0.1) is 5.82 Å². The zero-order valence-electron chi connectivity index (χ0n) is 13.1. The molecule has 0 N–H and O–H groups in total. The molecule has 0 spiro atoms. The molecule has 0 saturated carbocycles. The third-order valence-electron chi connectivity index (χ3n) is 3.52. The van der Waals surface area contributed by atoms with E-state index in [2.05, 4.69) is 0 Å². The first-order valence-corrected chi connectivity index (χ1v) is 8.66. The van der Waals surface area contributed by atoms with Gasteiger partial charge in [-0.15, -0.1) is 23.2 Å². The Morgan fingerprint density at radius 3 is 2.42 bits per heavy atom. The molecule has 2 nitrogen and oxygen atoms in total. The van der Waals surface area contributed by atoms with Crippen molar-refractivity contribution >= 4 is 40.7 Å². The van der Waals surface area contributed by atoms with Gasteiger partial charge in [0.15, 0.2) is 5.78 Å². The third-order valence-corrected chi connectivity index (χ3v) is 3.86. The number of benzene rings is 2. The van der Waals surface area contributed by atoms with E-state index in [-0.39, 0.29) is 11.6 Å². The van der Waals surface area contributed by atoms with Crippen LogP contribution in [0.15, 0.2) is 54.6 Å². The summed E-state index contributed by atoms with van der Waals surface area (Å²) in [6.45, 7) is 1.30. The summed E-state index contributed by atoms with van der Waals surface area (Å²) in [6, 6.07) is 13.6. The largest absolute Gasteiger partial charge is 0.369 e. The second-order valence-corrected chi connectivity index (χ2v) is 5.89. The smallest absolute Gasteiger partial charge is 0.185 e. The molecule has 2 rings (SSSR count). The van der Waals surface area contributed by atoms with Crippen molar-refractivity contribution in [2.75, 3.05) is 29.7 Å². The van der Waals surface area contributed by atoms with E-state index in [1.54, 1.807) is 30.3 Å². The van der Waals surface area contributed by atoms with E-state index in [9.17, 15) is 9.18 Å². The zero-order valence-corrected chi connectivity index (χ0v) is 14.6. The standard InChI is InChI=1S/C19H18Cl2FNO/c20-10-12-23(13-11-21)17-6-3-5-16(14-17)19(24)9-8-15-4-1-2-7-18(15)22/h1-9,14H,10-13H2/b9-8+. The minimum atomic E-state index is -0.356. The maximum absolute atomic E-state index is 13.6. The van der Waals surface area contributed by atoms with Crippen molar-refractivity contribution in [3.8, 4) is 0 Å². The van der Waals surface area contributed by atoms with Gasteiger partial charge in [0.25, 0.3) is 0 Å². The first-order chi connectivity index (χ1) is 11.7. The molecule has 24 heavy (non-hydrogen) atoms. The van der Waals surface area contributed by atoms with Gasteiger partial charge in [-0.25, -0.2) is 4.39 Å². The highest BCUT2D eigenvalue weighted by molar-refractivity contribution is 6.18. The molecule has 2 aromatic carbocycles. The first-order valence-electron chi connectivity index (χ1n) is 7.59. The van der Waals surface area contributed by atoms with Gasteiger partial charge in [0.05, 0.1) is 0 Å². The highest BCUT2D eigenvalue weighted by Crippen LogP contribution is 2.18. The minimum Gasteiger partial charge on any atom is -0.369 e. The van der Waals surface area contributed by atoms with Gasteiger partial charge >= 0.3 is 0 Å². The van der Waals surface area contributed by atoms with Gasteiger partial charge < -0.3 is 4.90 Å². The van der Waals surface area contributed by atoms with Crippen molar-refractivity contribution in [1.29, 1.82) is 0 Å². The van der Waals surface area contributed by atoms with E-state index in [1.165, 1.54) is 18.2 Å². The Labute approximate surface area is 151 Å². The molecule has 2 aromatic rings. The molecule has 0 saturated heterocycles. The first kappa shape index (κ1) is 18.5. The fourth-order valence-corrected chi connectivity index (χ4v) is 2.71. The number of rotatable bonds is 8. The van der Waals surface area contributed by atoms with E-state index < -0.39 is 0 Å². The Kier molecular flexibility index (Phi) is 7.29. The average Bonchev–Trinajstić information content (AvgIpc) is 2.61. The summed E-state index contributed by atoms with van der Waals surface area (Å²) >= 11 is 11.6. The lowest BCUT2D eigenvalue weighted by atomic mass is 10.1. The van der Waals surface area contributed by atoms with Crippen LogP contribution in [0.3, 0.4) is 0 Å². The molecule has 0 heterocycles. The van der Waals surface area contributed by atoms with Crippen LogP contribution in [0.25, 0.3) is 6.08 Å². The molecule has 0 radical (unpaired) electrons. The van der Waals surface area contributed by atoms with E-state index in [1.807, 2.05) is 17.0 Å². The normalized spacial score (nSPS) is 11.0. The van der Waals surface area contributed by atoms with Crippen molar-refractivity contribution < 1.29 is 9.18 Å². The summed E-state index contributed by atoms with van der Waals surface area (Å²) in [6.07, 6.45) is 2.87. The number of alkyl halides is 2. The molecular formula is C19H18Cl2FNO. The molecule has 0 atom stereocenters. The highest BCUT2D eigenvalue weighted by atomic mass is 35.5. The molecule has 5 heteroatoms. The molecule has 126 valence electrons. The van der Waals surface area contributed by atoms with Crippen molar-refractivity contribution in [3.05, 3.63) is 71.6 Å². The van der Waals surface area contributed by atoms with E-state index in [0.29, 0.717) is 36.0 Å². The molecule has 0 amide bonds. The summed E-state index contributed by atoms with van der Waals surface area (Å²) in [7, 11) is 0. The topological polar surface area (TPSA) is 20.3 Å². The number of nitrogens with zero attached hydrogens (tertiary/aromatic N) is 1. The molecule has 0 unspecified atom stereocenters. The second kappa shape index (κ2) is 9.45. The fourth-order valence-electron chi connectivity index (χ4n) is 2.30. The predicted octanol–water partition coefficient (Wildman–Crippen LogP) is 5.01. The molecule has 0 aliphatic carbocycles. The maximum Gasteiger partial charge on any atom is 0.185 e. The summed E-state index contributed by atoms with van der Waals surface area (Å²) in [4.78, 5) is 14.4. The lowest BCUT2D eigenvalue weighted by molar-refractivity contribution is 0.104. The summed E-state index contributed by atoms with van der Waals surface area (Å²) in [5.74, 6) is 0.410. The second-order valence-electron chi connectivity index (χ2n) is 5.13. The zero-order chi connectivity index (χ0) is 17.4. The van der Waals surface area contributed by atoms with E-state index >= 15 is 0 Å². The Balaban J connectivity index is 2.18. The van der Waals surface area contributed by atoms with Crippen LogP contribution in [-0.4, -0.2) is 30.6 Å². The Morgan fingerprint density at radius 1 is 1.04 bits per heavy atom. The quantitative estimate of drug-likeness (QED) is 0.372. The SMILES string of the molecule is O=C(/C=C/c1ccccc1F)c1cccc(N(CCCl)CCCl)c1. The van der Waals surface area contributed by atoms with E-state index in [4.69, 9.17) is 23.2 Å². The number of hydrogen-bond acceptors (Lipinski definition) is 2.